The number of carbonyl (C=O) groups is 1. The highest BCUT2D eigenvalue weighted by atomic mass is 35.6. The number of alkyl halides is 3. The van der Waals surface area contributed by atoms with Crippen molar-refractivity contribution in [1.82, 2.24) is 0 Å². The fourth-order valence-corrected chi connectivity index (χ4v) is 2.86. The van der Waals surface area contributed by atoms with E-state index in [1.807, 2.05) is 30.3 Å². The van der Waals surface area contributed by atoms with Gasteiger partial charge in [-0.1, -0.05) is 83.3 Å². The fourth-order valence-electron chi connectivity index (χ4n) is 2.13. The predicted molar refractivity (Wildman–Crippen MR) is 82.0 cm³/mol. The zero-order valence-corrected chi connectivity index (χ0v) is 12.5. The molecule has 5 heteroatoms. The van der Waals surface area contributed by atoms with E-state index in [4.69, 9.17) is 34.8 Å². The molecule has 104 valence electrons. The van der Waals surface area contributed by atoms with Crippen LogP contribution in [0.3, 0.4) is 0 Å². The number of carboxylic acid groups (broad SMARTS) is 1. The molecule has 0 aromatic heterocycles. The van der Waals surface area contributed by atoms with Gasteiger partial charge >= 0.3 is 5.97 Å². The van der Waals surface area contributed by atoms with Crippen LogP contribution in [-0.2, 0) is 0 Å². The molecular weight excluding hydrogens is 319 g/mol. The summed E-state index contributed by atoms with van der Waals surface area (Å²) in [7, 11) is 0. The lowest BCUT2D eigenvalue weighted by atomic mass is 9.89. The summed E-state index contributed by atoms with van der Waals surface area (Å²) < 4.78 is -1.65. The second-order valence-corrected chi connectivity index (χ2v) is 6.65. The monoisotopic (exact) mass is 328 g/mol. The first kappa shape index (κ1) is 15.2. The van der Waals surface area contributed by atoms with E-state index in [0.717, 1.165) is 5.56 Å². The summed E-state index contributed by atoms with van der Waals surface area (Å²) in [6.45, 7) is 0. The maximum atomic E-state index is 11.4. The van der Waals surface area contributed by atoms with Crippen LogP contribution in [0, 0.1) is 0 Å². The molecule has 0 saturated heterocycles. The average molecular weight is 330 g/mol. The molecule has 0 amide bonds. The predicted octanol–water partition coefficient (Wildman–Crippen LogP) is 4.89. The summed E-state index contributed by atoms with van der Waals surface area (Å²) in [4.78, 5) is 11.4. The summed E-state index contributed by atoms with van der Waals surface area (Å²) in [6.07, 6.45) is 0. The molecule has 2 aromatic rings. The second-order valence-electron chi connectivity index (χ2n) is 4.28. The van der Waals surface area contributed by atoms with Gasteiger partial charge in [0.15, 0.2) is 0 Å². The molecule has 20 heavy (non-hydrogen) atoms. The summed E-state index contributed by atoms with van der Waals surface area (Å²) >= 11 is 18.2. The first-order chi connectivity index (χ1) is 9.41. The molecule has 0 aliphatic carbocycles. The molecule has 0 spiro atoms. The number of carboxylic acids is 1. The topological polar surface area (TPSA) is 37.3 Å². The standard InChI is InChI=1S/C15H11Cl3O2/c16-15(17,18)13(10-6-2-1-3-7-10)11-8-4-5-9-12(11)14(19)20/h1-9,13H,(H,19,20). The van der Waals surface area contributed by atoms with Crippen LogP contribution in [0.1, 0.15) is 27.4 Å². The summed E-state index contributed by atoms with van der Waals surface area (Å²) in [6, 6.07) is 15.7. The number of benzene rings is 2. The van der Waals surface area contributed by atoms with Crippen LogP contribution in [-0.4, -0.2) is 14.9 Å². The summed E-state index contributed by atoms with van der Waals surface area (Å²) in [5.41, 5.74) is 1.36. The third-order valence-corrected chi connectivity index (χ3v) is 3.62. The van der Waals surface area contributed by atoms with E-state index in [-0.39, 0.29) is 5.56 Å². The van der Waals surface area contributed by atoms with Crippen LogP contribution in [0.2, 0.25) is 0 Å². The number of hydrogen-bond acceptors (Lipinski definition) is 1. The van der Waals surface area contributed by atoms with Crippen LogP contribution >= 0.6 is 34.8 Å². The minimum absolute atomic E-state index is 0.132. The van der Waals surface area contributed by atoms with E-state index in [1.165, 1.54) is 6.07 Å². The van der Waals surface area contributed by atoms with Gasteiger partial charge < -0.3 is 5.11 Å². The number of aromatic carboxylic acids is 1. The molecule has 0 saturated carbocycles. The Morgan fingerprint density at radius 1 is 0.950 bits per heavy atom. The average Bonchev–Trinajstić information content (AvgIpc) is 2.39. The number of hydrogen-bond donors (Lipinski definition) is 1. The zero-order valence-electron chi connectivity index (χ0n) is 10.3. The molecular formula is C15H11Cl3O2. The molecule has 0 aliphatic rings. The van der Waals surface area contributed by atoms with Crippen molar-refractivity contribution >= 4 is 40.8 Å². The lowest BCUT2D eigenvalue weighted by Gasteiger charge is -2.26. The summed E-state index contributed by atoms with van der Waals surface area (Å²) in [5.74, 6) is -1.70. The molecule has 1 unspecified atom stereocenters. The molecule has 0 radical (unpaired) electrons. The Morgan fingerprint density at radius 2 is 1.50 bits per heavy atom. The normalized spacial score (nSPS) is 12.9. The molecule has 0 fully saturated rings. The third kappa shape index (κ3) is 3.26. The van der Waals surface area contributed by atoms with Gasteiger partial charge in [-0.2, -0.15) is 0 Å². The van der Waals surface area contributed by atoms with Crippen LogP contribution in [0.15, 0.2) is 54.6 Å². The van der Waals surface area contributed by atoms with Crippen molar-refractivity contribution in [2.75, 3.05) is 0 Å². The Kier molecular flexibility index (Phi) is 4.59. The minimum Gasteiger partial charge on any atom is -0.478 e. The Balaban J connectivity index is 2.63. The van der Waals surface area contributed by atoms with Gasteiger partial charge in [-0.15, -0.1) is 0 Å². The minimum atomic E-state index is -1.65. The highest BCUT2D eigenvalue weighted by Gasteiger charge is 2.37. The van der Waals surface area contributed by atoms with E-state index in [9.17, 15) is 9.90 Å². The van der Waals surface area contributed by atoms with Crippen molar-refractivity contribution in [1.29, 1.82) is 0 Å². The van der Waals surface area contributed by atoms with Gasteiger partial charge in [0.1, 0.15) is 0 Å². The van der Waals surface area contributed by atoms with Crippen molar-refractivity contribution < 1.29 is 9.90 Å². The molecule has 0 bridgehead atoms. The maximum absolute atomic E-state index is 11.4. The van der Waals surface area contributed by atoms with Gasteiger partial charge in [0.2, 0.25) is 3.79 Å². The smallest absolute Gasteiger partial charge is 0.335 e. The van der Waals surface area contributed by atoms with Crippen LogP contribution in [0.5, 0.6) is 0 Å². The van der Waals surface area contributed by atoms with Crippen molar-refractivity contribution in [2.45, 2.75) is 9.71 Å². The molecule has 2 rings (SSSR count). The van der Waals surface area contributed by atoms with E-state index in [2.05, 4.69) is 0 Å². The lowest BCUT2D eigenvalue weighted by Crippen LogP contribution is -2.21. The van der Waals surface area contributed by atoms with E-state index in [0.29, 0.717) is 5.56 Å². The summed E-state index contributed by atoms with van der Waals surface area (Å²) in [5, 5.41) is 9.30. The van der Waals surface area contributed by atoms with E-state index in [1.54, 1.807) is 18.2 Å². The Morgan fingerprint density at radius 3 is 2.05 bits per heavy atom. The first-order valence-electron chi connectivity index (χ1n) is 5.85. The van der Waals surface area contributed by atoms with Gasteiger partial charge in [-0.25, -0.2) is 4.79 Å². The highest BCUT2D eigenvalue weighted by molar-refractivity contribution is 6.68. The van der Waals surface area contributed by atoms with Gasteiger partial charge in [0.05, 0.1) is 11.5 Å². The SMILES string of the molecule is O=C(O)c1ccccc1C(c1ccccc1)C(Cl)(Cl)Cl. The second kappa shape index (κ2) is 6.04. The highest BCUT2D eigenvalue weighted by Crippen LogP contribution is 2.46. The molecule has 1 N–H and O–H groups in total. The van der Waals surface area contributed by atoms with Crippen molar-refractivity contribution in [3.8, 4) is 0 Å². The molecule has 2 aromatic carbocycles. The molecule has 0 heterocycles. The van der Waals surface area contributed by atoms with Gasteiger partial charge in [0, 0.05) is 0 Å². The molecule has 0 aliphatic heterocycles. The maximum Gasteiger partial charge on any atom is 0.335 e. The first-order valence-corrected chi connectivity index (χ1v) is 6.98. The lowest BCUT2D eigenvalue weighted by molar-refractivity contribution is 0.0695. The fraction of sp³-hybridized carbons (Fsp3) is 0.133. The number of rotatable bonds is 3. The molecule has 1 atom stereocenters. The zero-order chi connectivity index (χ0) is 14.8. The largest absolute Gasteiger partial charge is 0.478 e. The van der Waals surface area contributed by atoms with Gasteiger partial charge in [-0.05, 0) is 17.2 Å². The van der Waals surface area contributed by atoms with Crippen LogP contribution < -0.4 is 0 Å². The van der Waals surface area contributed by atoms with E-state index < -0.39 is 15.7 Å². The Bertz CT molecular complexity index is 606. The third-order valence-electron chi connectivity index (χ3n) is 2.96. The molecule has 2 nitrogen and oxygen atoms in total. The van der Waals surface area contributed by atoms with E-state index >= 15 is 0 Å². The van der Waals surface area contributed by atoms with Crippen LogP contribution in [0.4, 0.5) is 0 Å². The Labute approximate surface area is 131 Å². The van der Waals surface area contributed by atoms with Gasteiger partial charge in [-0.3, -0.25) is 0 Å². The van der Waals surface area contributed by atoms with Crippen LogP contribution in [0.25, 0.3) is 0 Å². The van der Waals surface area contributed by atoms with Gasteiger partial charge in [0.25, 0.3) is 0 Å². The quantitative estimate of drug-likeness (QED) is 0.814. The number of halogens is 3. The van der Waals surface area contributed by atoms with Crippen molar-refractivity contribution in [3.63, 3.8) is 0 Å². The van der Waals surface area contributed by atoms with Crippen molar-refractivity contribution in [2.24, 2.45) is 0 Å². The Hall–Kier alpha value is -1.22. The van der Waals surface area contributed by atoms with Crippen molar-refractivity contribution in [3.05, 3.63) is 71.3 Å².